The lowest BCUT2D eigenvalue weighted by Crippen LogP contribution is -2.72. The van der Waals surface area contributed by atoms with E-state index >= 15 is 0 Å². The van der Waals surface area contributed by atoms with Crippen LogP contribution in [0.5, 0.6) is 0 Å². The molecule has 2 aromatic rings. The summed E-state index contributed by atoms with van der Waals surface area (Å²) in [5.41, 5.74) is 6.61. The first-order valence-corrected chi connectivity index (χ1v) is 9.52. The van der Waals surface area contributed by atoms with Crippen LogP contribution in [0, 0.1) is 0 Å². The van der Waals surface area contributed by atoms with Crippen molar-refractivity contribution in [2.45, 2.75) is 61.2 Å². The zero-order chi connectivity index (χ0) is 22.1. The normalized spacial score (nSPS) is 42.3. The zero-order valence-electron chi connectivity index (χ0n) is 16.2. The van der Waals surface area contributed by atoms with Gasteiger partial charge in [-0.25, -0.2) is 19.7 Å². The Morgan fingerprint density at radius 1 is 1.32 bits per heavy atom. The van der Waals surface area contributed by atoms with E-state index in [0.29, 0.717) is 11.2 Å². The molecule has 0 spiro atoms. The smallest absolute Gasteiger partial charge is 0.335 e. The van der Waals surface area contributed by atoms with E-state index in [2.05, 4.69) is 15.0 Å². The maximum Gasteiger partial charge on any atom is 0.335 e. The third-order valence-corrected chi connectivity index (χ3v) is 6.06. The molecule has 0 radical (unpaired) electrons. The number of hydrogen-bond acceptors (Lipinski definition) is 12. The maximum atomic E-state index is 11.4. The summed E-state index contributed by atoms with van der Waals surface area (Å²) in [4.78, 5) is 23.7. The van der Waals surface area contributed by atoms with Gasteiger partial charge >= 0.3 is 5.97 Å². The number of hydrogen-bond donors (Lipinski definition) is 5. The van der Waals surface area contributed by atoms with Crippen LogP contribution in [-0.4, -0.2) is 102 Å². The Kier molecular flexibility index (Phi) is 4.63. The fraction of sp³-hybridized carbons (Fsp3) is 0.647. The number of carboxylic acids is 1. The van der Waals surface area contributed by atoms with E-state index in [4.69, 9.17) is 24.7 Å². The van der Waals surface area contributed by atoms with Crippen LogP contribution < -0.4 is 5.73 Å². The van der Waals surface area contributed by atoms with E-state index in [1.807, 2.05) is 0 Å². The number of aliphatic carboxylic acids is 1. The zero-order valence-corrected chi connectivity index (χ0v) is 16.2. The second kappa shape index (κ2) is 7.03. The molecule has 2 aromatic heterocycles. The number of carboxylic acid groups (broad SMARTS) is 1. The highest BCUT2D eigenvalue weighted by Gasteiger charge is 2.65. The summed E-state index contributed by atoms with van der Waals surface area (Å²) in [7, 11) is 1.43. The topological polar surface area (TPSA) is 205 Å². The molecule has 5 heterocycles. The highest BCUT2D eigenvalue weighted by Crippen LogP contribution is 2.46. The molecule has 168 valence electrons. The standard InChI is InChI=1S/C17H21N5O9/c1-28-11-9-5(29-15(11)22-4-21-7-13(18)19-3-20-14(7)22)2-6-17(27,31-9)12(24)8(23)10(30-6)16(25)26/h3-6,8-12,15,23-24,27H,2H2,1H3,(H,25,26)(H2,18,19,20)/t5-,6-,8-,9+,10+,11-,12+,15-,17-/m1/s1. The van der Waals surface area contributed by atoms with Crippen LogP contribution in [-0.2, 0) is 23.7 Å². The van der Waals surface area contributed by atoms with Gasteiger partial charge in [-0.05, 0) is 0 Å². The fourth-order valence-electron chi connectivity index (χ4n) is 4.53. The predicted molar refractivity (Wildman–Crippen MR) is 97.2 cm³/mol. The van der Waals surface area contributed by atoms with Crippen molar-refractivity contribution in [2.75, 3.05) is 12.8 Å². The van der Waals surface area contributed by atoms with Gasteiger partial charge < -0.3 is 45.1 Å². The SMILES string of the molecule is CO[C@@H]1[C@H]2O[C@]3(O)[C@@H](C[C@H]2O[C@H]1n1cnc2c(N)ncnc21)O[C@H](C(=O)O)[C@@H](O)[C@@H]3O. The van der Waals surface area contributed by atoms with Crippen molar-refractivity contribution in [3.8, 4) is 0 Å². The summed E-state index contributed by atoms with van der Waals surface area (Å²) >= 11 is 0. The van der Waals surface area contributed by atoms with E-state index < -0.39 is 60.7 Å². The van der Waals surface area contributed by atoms with Crippen molar-refractivity contribution in [1.82, 2.24) is 19.5 Å². The van der Waals surface area contributed by atoms with Gasteiger partial charge in [0.2, 0.25) is 5.79 Å². The van der Waals surface area contributed by atoms with Crippen LogP contribution in [0.4, 0.5) is 5.82 Å². The quantitative estimate of drug-likeness (QED) is 0.332. The van der Waals surface area contributed by atoms with E-state index in [1.165, 1.54) is 19.8 Å². The number of aliphatic hydroxyl groups is 3. The van der Waals surface area contributed by atoms with Crippen molar-refractivity contribution in [2.24, 2.45) is 0 Å². The number of anilines is 1. The number of nitrogen functional groups attached to an aromatic ring is 1. The summed E-state index contributed by atoms with van der Waals surface area (Å²) < 4.78 is 24.4. The monoisotopic (exact) mass is 439 g/mol. The van der Waals surface area contributed by atoms with Crippen molar-refractivity contribution in [3.05, 3.63) is 12.7 Å². The fourth-order valence-corrected chi connectivity index (χ4v) is 4.53. The number of methoxy groups -OCH3 is 1. The van der Waals surface area contributed by atoms with Crippen molar-refractivity contribution < 1.29 is 44.2 Å². The number of aliphatic hydroxyl groups excluding tert-OH is 2. The third kappa shape index (κ3) is 2.84. The molecule has 14 heteroatoms. The molecule has 3 saturated heterocycles. The Morgan fingerprint density at radius 2 is 2.10 bits per heavy atom. The first-order chi connectivity index (χ1) is 14.8. The molecule has 0 amide bonds. The molecular formula is C17H21N5O9. The van der Waals surface area contributed by atoms with Gasteiger partial charge in [0.25, 0.3) is 0 Å². The number of carbonyl (C=O) groups is 1. The lowest BCUT2D eigenvalue weighted by Gasteiger charge is -2.51. The van der Waals surface area contributed by atoms with Crippen LogP contribution in [0.25, 0.3) is 11.2 Å². The Morgan fingerprint density at radius 3 is 2.81 bits per heavy atom. The molecular weight excluding hydrogens is 418 g/mol. The Labute approximate surface area is 174 Å². The molecule has 3 aliphatic heterocycles. The molecule has 14 nitrogen and oxygen atoms in total. The summed E-state index contributed by atoms with van der Waals surface area (Å²) in [6.07, 6.45) is -7.21. The molecule has 0 bridgehead atoms. The van der Waals surface area contributed by atoms with Gasteiger partial charge in [-0.1, -0.05) is 0 Å². The second-order valence-corrected chi connectivity index (χ2v) is 7.74. The summed E-state index contributed by atoms with van der Waals surface area (Å²) in [5.74, 6) is -3.64. The average Bonchev–Trinajstić information content (AvgIpc) is 3.31. The van der Waals surface area contributed by atoms with Gasteiger partial charge in [-0.2, -0.15) is 0 Å². The molecule has 0 unspecified atom stereocenters. The minimum Gasteiger partial charge on any atom is -0.479 e. The minimum atomic E-state index is -2.36. The van der Waals surface area contributed by atoms with Crippen LogP contribution in [0.1, 0.15) is 12.6 Å². The predicted octanol–water partition coefficient (Wildman–Crippen LogP) is -2.63. The Bertz CT molecular complexity index is 1020. The molecule has 6 N–H and O–H groups in total. The van der Waals surface area contributed by atoms with E-state index in [-0.39, 0.29) is 12.2 Å². The number of fused-ring (bicyclic) bond motifs is 3. The first kappa shape index (κ1) is 20.4. The summed E-state index contributed by atoms with van der Waals surface area (Å²) in [6.45, 7) is 0. The molecule has 5 rings (SSSR count). The van der Waals surface area contributed by atoms with Crippen molar-refractivity contribution >= 4 is 23.0 Å². The Hall–Kier alpha value is -2.46. The van der Waals surface area contributed by atoms with Gasteiger partial charge in [-0.3, -0.25) is 4.57 Å². The van der Waals surface area contributed by atoms with Gasteiger partial charge in [0.05, 0.1) is 12.4 Å². The third-order valence-electron chi connectivity index (χ3n) is 6.06. The van der Waals surface area contributed by atoms with Gasteiger partial charge in [0.15, 0.2) is 23.8 Å². The average molecular weight is 439 g/mol. The van der Waals surface area contributed by atoms with Gasteiger partial charge in [0, 0.05) is 13.5 Å². The minimum absolute atomic E-state index is 0.0190. The first-order valence-electron chi connectivity index (χ1n) is 9.52. The molecule has 3 fully saturated rings. The number of nitrogens with two attached hydrogens (primary N) is 1. The maximum absolute atomic E-state index is 11.4. The summed E-state index contributed by atoms with van der Waals surface area (Å²) in [6, 6.07) is 0. The molecule has 0 saturated carbocycles. The van der Waals surface area contributed by atoms with Crippen LogP contribution in [0.15, 0.2) is 12.7 Å². The lowest BCUT2D eigenvalue weighted by molar-refractivity contribution is -0.397. The van der Waals surface area contributed by atoms with Crippen LogP contribution in [0.3, 0.4) is 0 Å². The highest BCUT2D eigenvalue weighted by molar-refractivity contribution is 5.81. The lowest BCUT2D eigenvalue weighted by atomic mass is 9.84. The number of aromatic nitrogens is 4. The Balaban J connectivity index is 1.48. The van der Waals surface area contributed by atoms with Gasteiger partial charge in [0.1, 0.15) is 42.4 Å². The number of nitrogens with zero attached hydrogens (tertiary/aromatic N) is 4. The molecule has 0 aliphatic carbocycles. The van der Waals surface area contributed by atoms with Crippen LogP contribution >= 0.6 is 0 Å². The number of imidazole rings is 1. The van der Waals surface area contributed by atoms with Gasteiger partial charge in [-0.15, -0.1) is 0 Å². The second-order valence-electron chi connectivity index (χ2n) is 7.74. The van der Waals surface area contributed by atoms with Crippen LogP contribution in [0.2, 0.25) is 0 Å². The van der Waals surface area contributed by atoms with Crippen molar-refractivity contribution in [3.63, 3.8) is 0 Å². The number of ether oxygens (including phenoxy) is 4. The largest absolute Gasteiger partial charge is 0.479 e. The molecule has 0 aromatic carbocycles. The summed E-state index contributed by atoms with van der Waals surface area (Å²) in [5, 5.41) is 40.8. The van der Waals surface area contributed by atoms with Crippen molar-refractivity contribution in [1.29, 1.82) is 0 Å². The molecule has 3 aliphatic rings. The van der Waals surface area contributed by atoms with E-state index in [0.717, 1.165) is 0 Å². The van der Waals surface area contributed by atoms with E-state index in [9.17, 15) is 25.2 Å². The molecule has 9 atom stereocenters. The molecule has 31 heavy (non-hydrogen) atoms. The number of rotatable bonds is 3. The van der Waals surface area contributed by atoms with E-state index in [1.54, 1.807) is 4.57 Å². The highest BCUT2D eigenvalue weighted by atomic mass is 16.7.